The molecule has 3 aromatic heterocycles. The van der Waals surface area contributed by atoms with Crippen molar-refractivity contribution in [1.82, 2.24) is 0 Å². The molecule has 0 bridgehead atoms. The van der Waals surface area contributed by atoms with Crippen molar-refractivity contribution >= 4 is 102 Å². The van der Waals surface area contributed by atoms with Gasteiger partial charge in [-0.2, -0.15) is 0 Å². The summed E-state index contributed by atoms with van der Waals surface area (Å²) in [5.41, 5.74) is 9.93. The van der Waals surface area contributed by atoms with E-state index in [9.17, 15) is 0 Å². The highest BCUT2D eigenvalue weighted by atomic mass is 32.1. The van der Waals surface area contributed by atoms with Crippen LogP contribution in [0.4, 0.5) is 17.1 Å². The van der Waals surface area contributed by atoms with E-state index in [4.69, 9.17) is 4.42 Å². The molecule has 3 heterocycles. The third-order valence-electron chi connectivity index (χ3n) is 10.3. The molecule has 0 unspecified atom stereocenters. The van der Waals surface area contributed by atoms with Crippen molar-refractivity contribution in [3.05, 3.63) is 176 Å². The topological polar surface area (TPSA) is 16.4 Å². The van der Waals surface area contributed by atoms with Gasteiger partial charge in [0.15, 0.2) is 0 Å². The Bertz CT molecular complexity index is 2970. The number of benzene rings is 8. The van der Waals surface area contributed by atoms with E-state index in [2.05, 4.69) is 169 Å². The first-order chi connectivity index (χ1) is 25.8. The molecule has 4 heteroatoms. The minimum atomic E-state index is 0.879. The summed E-state index contributed by atoms with van der Waals surface area (Å²) in [5.74, 6) is 0. The Morgan fingerprint density at radius 3 is 1.38 bits per heavy atom. The quantitative estimate of drug-likeness (QED) is 0.178. The molecule has 8 aromatic carbocycles. The van der Waals surface area contributed by atoms with Gasteiger partial charge in [-0.15, -0.1) is 22.7 Å². The first kappa shape index (κ1) is 29.5. The average Bonchev–Trinajstić information content (AvgIpc) is 3.89. The molecule has 244 valence electrons. The summed E-state index contributed by atoms with van der Waals surface area (Å²) in [7, 11) is 0. The second-order valence-electron chi connectivity index (χ2n) is 13.3. The Morgan fingerprint density at radius 1 is 0.346 bits per heavy atom. The first-order valence-corrected chi connectivity index (χ1v) is 19.1. The third-order valence-corrected chi connectivity index (χ3v) is 12.6. The van der Waals surface area contributed by atoms with Gasteiger partial charge in [0.1, 0.15) is 11.2 Å². The van der Waals surface area contributed by atoms with Crippen LogP contribution >= 0.6 is 22.7 Å². The second kappa shape index (κ2) is 11.7. The highest BCUT2D eigenvalue weighted by Crippen LogP contribution is 2.44. The van der Waals surface area contributed by atoms with Crippen molar-refractivity contribution in [3.8, 4) is 22.3 Å². The molecule has 0 radical (unpaired) electrons. The van der Waals surface area contributed by atoms with Gasteiger partial charge in [0, 0.05) is 74.2 Å². The maximum atomic E-state index is 6.38. The average molecular weight is 700 g/mol. The van der Waals surface area contributed by atoms with Crippen molar-refractivity contribution < 1.29 is 4.42 Å². The van der Waals surface area contributed by atoms with Crippen molar-refractivity contribution in [2.45, 2.75) is 0 Å². The van der Waals surface area contributed by atoms with E-state index < -0.39 is 0 Å². The highest BCUT2D eigenvalue weighted by Gasteiger charge is 2.18. The lowest BCUT2D eigenvalue weighted by Crippen LogP contribution is -2.09. The number of rotatable bonds is 5. The number of furan rings is 1. The summed E-state index contributed by atoms with van der Waals surface area (Å²) in [5, 5.41) is 7.54. The largest absolute Gasteiger partial charge is 0.456 e. The molecule has 0 atom stereocenters. The predicted octanol–water partition coefficient (Wildman–Crippen LogP) is 15.1. The lowest BCUT2D eigenvalue weighted by Gasteiger charge is -2.26. The molecule has 2 nitrogen and oxygen atoms in total. The van der Waals surface area contributed by atoms with Gasteiger partial charge in [-0.1, -0.05) is 103 Å². The smallest absolute Gasteiger partial charge is 0.137 e. The Balaban J connectivity index is 1.05. The van der Waals surface area contributed by atoms with Crippen molar-refractivity contribution in [1.29, 1.82) is 0 Å². The Labute approximate surface area is 308 Å². The molecule has 0 aliphatic heterocycles. The SMILES string of the molecule is c1ccc2c(c1)oc1cc(N(c3ccc(-c4cccc5sc6ccccc6c45)cc3)c3ccc(-c4cccc5sc6ccccc6c45)cc3)ccc12. The van der Waals surface area contributed by atoms with Gasteiger partial charge in [-0.3, -0.25) is 0 Å². The number of fused-ring (bicyclic) bond motifs is 9. The molecule has 0 saturated carbocycles. The van der Waals surface area contributed by atoms with Crippen LogP contribution in [0.1, 0.15) is 0 Å². The van der Waals surface area contributed by atoms with Gasteiger partial charge in [0.05, 0.1) is 0 Å². The van der Waals surface area contributed by atoms with Crippen LogP contribution in [0.5, 0.6) is 0 Å². The molecule has 0 N–H and O–H groups in total. The molecule has 0 fully saturated rings. The minimum absolute atomic E-state index is 0.879. The second-order valence-corrected chi connectivity index (χ2v) is 15.4. The fourth-order valence-corrected chi connectivity index (χ4v) is 10.2. The summed E-state index contributed by atoms with van der Waals surface area (Å²) in [6.45, 7) is 0. The maximum absolute atomic E-state index is 6.38. The summed E-state index contributed by atoms with van der Waals surface area (Å²) in [6, 6.07) is 63.7. The summed E-state index contributed by atoms with van der Waals surface area (Å²) in [4.78, 5) is 2.33. The maximum Gasteiger partial charge on any atom is 0.137 e. The first-order valence-electron chi connectivity index (χ1n) is 17.5. The van der Waals surface area contributed by atoms with E-state index in [-0.39, 0.29) is 0 Å². The van der Waals surface area contributed by atoms with Gasteiger partial charge in [0.2, 0.25) is 0 Å². The van der Waals surface area contributed by atoms with E-state index in [1.807, 2.05) is 34.8 Å². The number of hydrogen-bond donors (Lipinski definition) is 0. The van der Waals surface area contributed by atoms with Gasteiger partial charge in [0.25, 0.3) is 0 Å². The van der Waals surface area contributed by atoms with Crippen LogP contribution < -0.4 is 4.90 Å². The molecule has 0 aliphatic rings. The Hall–Kier alpha value is -6.20. The molecule has 0 spiro atoms. The Morgan fingerprint density at radius 2 is 0.808 bits per heavy atom. The van der Waals surface area contributed by atoms with Gasteiger partial charge >= 0.3 is 0 Å². The highest BCUT2D eigenvalue weighted by molar-refractivity contribution is 7.26. The summed E-state index contributed by atoms with van der Waals surface area (Å²) in [6.07, 6.45) is 0. The molecule has 52 heavy (non-hydrogen) atoms. The van der Waals surface area contributed by atoms with E-state index in [1.54, 1.807) is 0 Å². The van der Waals surface area contributed by atoms with Gasteiger partial charge < -0.3 is 9.32 Å². The fraction of sp³-hybridized carbons (Fsp3) is 0. The van der Waals surface area contributed by atoms with Crippen LogP contribution in [0, 0.1) is 0 Å². The van der Waals surface area contributed by atoms with E-state index in [0.717, 1.165) is 39.0 Å². The number of nitrogens with zero attached hydrogens (tertiary/aromatic N) is 1. The number of para-hydroxylation sites is 1. The molecule has 11 aromatic rings. The van der Waals surface area contributed by atoms with Crippen LogP contribution in [0.2, 0.25) is 0 Å². The van der Waals surface area contributed by atoms with Crippen LogP contribution in [0.25, 0.3) is 84.5 Å². The van der Waals surface area contributed by atoms with Gasteiger partial charge in [-0.25, -0.2) is 0 Å². The molecule has 0 saturated heterocycles. The van der Waals surface area contributed by atoms with Crippen LogP contribution in [0.15, 0.2) is 180 Å². The monoisotopic (exact) mass is 699 g/mol. The van der Waals surface area contributed by atoms with Crippen LogP contribution in [0.3, 0.4) is 0 Å². The molecular weight excluding hydrogens is 671 g/mol. The van der Waals surface area contributed by atoms with Gasteiger partial charge in [-0.05, 0) is 89.0 Å². The van der Waals surface area contributed by atoms with Crippen molar-refractivity contribution in [3.63, 3.8) is 0 Å². The van der Waals surface area contributed by atoms with Crippen molar-refractivity contribution in [2.75, 3.05) is 4.90 Å². The normalized spacial score (nSPS) is 11.8. The predicted molar refractivity (Wildman–Crippen MR) is 225 cm³/mol. The molecule has 0 amide bonds. The zero-order valence-corrected chi connectivity index (χ0v) is 29.5. The molecular formula is C48H29NOS2. The lowest BCUT2D eigenvalue weighted by atomic mass is 9.98. The number of hydrogen-bond acceptors (Lipinski definition) is 4. The number of thiophene rings is 2. The summed E-state index contributed by atoms with van der Waals surface area (Å²) >= 11 is 3.72. The summed E-state index contributed by atoms with van der Waals surface area (Å²) < 4.78 is 11.7. The standard InChI is InChI=1S/C48H29NOS2/c1-4-14-41-37(9-1)38-28-27-34(29-42(38)50-41)49(32-23-19-30(20-24-32)35-12-7-17-45-47(35)39-10-2-5-15-43(39)51-45)33-25-21-31(22-26-33)36-13-8-18-46-48(36)40-11-3-6-16-44(40)52-46/h1-29H. The zero-order valence-electron chi connectivity index (χ0n) is 27.9. The zero-order chi connectivity index (χ0) is 34.2. The van der Waals surface area contributed by atoms with Crippen molar-refractivity contribution in [2.24, 2.45) is 0 Å². The fourth-order valence-electron chi connectivity index (χ4n) is 7.91. The molecule has 11 rings (SSSR count). The lowest BCUT2D eigenvalue weighted by molar-refractivity contribution is 0.669. The minimum Gasteiger partial charge on any atom is -0.456 e. The van der Waals surface area contributed by atoms with Crippen LogP contribution in [-0.2, 0) is 0 Å². The van der Waals surface area contributed by atoms with Crippen LogP contribution in [-0.4, -0.2) is 0 Å². The number of anilines is 3. The molecule has 0 aliphatic carbocycles. The third kappa shape index (κ3) is 4.62. The Kier molecular flexibility index (Phi) is 6.63. The van der Waals surface area contributed by atoms with E-state index in [0.29, 0.717) is 0 Å². The van der Waals surface area contributed by atoms with E-state index in [1.165, 1.54) is 62.6 Å². The van der Waals surface area contributed by atoms with E-state index >= 15 is 0 Å².